The minimum Gasteiger partial charge on any atom is -0.330 e. The maximum Gasteiger partial charge on any atom is 0.212 e. The van der Waals surface area contributed by atoms with E-state index in [1.807, 2.05) is 12.3 Å². The first-order valence-corrected chi connectivity index (χ1v) is 8.21. The molecule has 17 heavy (non-hydrogen) atoms. The van der Waals surface area contributed by atoms with E-state index < -0.39 is 10.0 Å². The fourth-order valence-electron chi connectivity index (χ4n) is 1.43. The molecule has 0 fully saturated rings. The van der Waals surface area contributed by atoms with Gasteiger partial charge in [-0.3, -0.25) is 0 Å². The Hall–Kier alpha value is -0.500. The summed E-state index contributed by atoms with van der Waals surface area (Å²) >= 11 is 1.47. The van der Waals surface area contributed by atoms with Crippen molar-refractivity contribution in [1.82, 2.24) is 9.71 Å². The van der Waals surface area contributed by atoms with Crippen molar-refractivity contribution in [3.8, 4) is 0 Å². The Morgan fingerprint density at radius 3 is 2.82 bits per heavy atom. The molecule has 1 aromatic rings. The molecule has 0 bridgehead atoms. The largest absolute Gasteiger partial charge is 0.330 e. The monoisotopic (exact) mass is 277 g/mol. The average Bonchev–Trinajstić information content (AvgIpc) is 2.79. The summed E-state index contributed by atoms with van der Waals surface area (Å²) in [7, 11) is -3.23. The van der Waals surface area contributed by atoms with Crippen LogP contribution in [-0.4, -0.2) is 25.7 Å². The topological polar surface area (TPSA) is 85.1 Å². The molecule has 0 radical (unpaired) electrons. The predicted molar refractivity (Wildman–Crippen MR) is 70.4 cm³/mol. The van der Waals surface area contributed by atoms with E-state index in [0.717, 1.165) is 11.4 Å². The summed E-state index contributed by atoms with van der Waals surface area (Å²) < 4.78 is 26.3. The average molecular weight is 277 g/mol. The van der Waals surface area contributed by atoms with E-state index in [1.54, 1.807) is 6.20 Å². The molecule has 1 unspecified atom stereocenters. The molecular weight excluding hydrogens is 258 g/mol. The molecule has 0 aromatic carbocycles. The van der Waals surface area contributed by atoms with Crippen molar-refractivity contribution in [3.63, 3.8) is 0 Å². The number of unbranched alkanes of at least 4 members (excludes halogenated alkanes) is 1. The number of aromatic nitrogens is 1. The number of nitrogens with zero attached hydrogens (tertiary/aromatic N) is 1. The Morgan fingerprint density at radius 1 is 1.53 bits per heavy atom. The van der Waals surface area contributed by atoms with Crippen LogP contribution in [0.3, 0.4) is 0 Å². The van der Waals surface area contributed by atoms with E-state index in [4.69, 9.17) is 5.73 Å². The number of sulfonamides is 1. The van der Waals surface area contributed by atoms with E-state index in [1.165, 1.54) is 11.3 Å². The molecular formula is C10H19N3O2S2. The van der Waals surface area contributed by atoms with Crippen LogP contribution < -0.4 is 10.5 Å². The molecule has 3 N–H and O–H groups in total. The Balaban J connectivity index is 2.56. The summed E-state index contributed by atoms with van der Waals surface area (Å²) in [5.74, 6) is 0.131. The number of hydrogen-bond donors (Lipinski definition) is 2. The van der Waals surface area contributed by atoms with Gasteiger partial charge in [-0.05, 0) is 25.8 Å². The van der Waals surface area contributed by atoms with Crippen LogP contribution in [0.25, 0.3) is 0 Å². The van der Waals surface area contributed by atoms with E-state index in [2.05, 4.69) is 9.71 Å². The van der Waals surface area contributed by atoms with Crippen molar-refractivity contribution in [3.05, 3.63) is 16.6 Å². The molecule has 0 aliphatic rings. The van der Waals surface area contributed by atoms with E-state index in [-0.39, 0.29) is 11.8 Å². The van der Waals surface area contributed by atoms with Gasteiger partial charge in [-0.1, -0.05) is 6.92 Å². The fraction of sp³-hybridized carbons (Fsp3) is 0.700. The van der Waals surface area contributed by atoms with Gasteiger partial charge in [0.2, 0.25) is 10.0 Å². The molecule has 0 saturated heterocycles. The first-order valence-electron chi connectivity index (χ1n) is 5.68. The minimum atomic E-state index is -3.23. The molecule has 5 nitrogen and oxygen atoms in total. The van der Waals surface area contributed by atoms with Crippen LogP contribution >= 0.6 is 11.3 Å². The summed E-state index contributed by atoms with van der Waals surface area (Å²) in [6, 6.07) is -0.210. The molecule has 0 spiro atoms. The summed E-state index contributed by atoms with van der Waals surface area (Å²) in [4.78, 5) is 4.14. The Bertz CT molecular complexity index is 403. The quantitative estimate of drug-likeness (QED) is 0.700. The van der Waals surface area contributed by atoms with Gasteiger partial charge in [-0.2, -0.15) is 0 Å². The zero-order valence-corrected chi connectivity index (χ0v) is 11.6. The van der Waals surface area contributed by atoms with Gasteiger partial charge in [0.05, 0.1) is 11.8 Å². The minimum absolute atomic E-state index is 0.131. The normalized spacial score (nSPS) is 13.8. The smallest absolute Gasteiger partial charge is 0.212 e. The van der Waals surface area contributed by atoms with Crippen molar-refractivity contribution in [1.29, 1.82) is 0 Å². The second-order valence-electron chi connectivity index (χ2n) is 3.76. The summed E-state index contributed by atoms with van der Waals surface area (Å²) in [6.45, 7) is 2.47. The molecule has 1 heterocycles. The van der Waals surface area contributed by atoms with Crippen LogP contribution in [0.2, 0.25) is 0 Å². The highest BCUT2D eigenvalue weighted by Gasteiger charge is 2.19. The van der Waals surface area contributed by atoms with Gasteiger partial charge >= 0.3 is 0 Å². The zero-order chi connectivity index (χ0) is 12.7. The molecule has 7 heteroatoms. The van der Waals surface area contributed by atoms with Crippen LogP contribution in [-0.2, 0) is 10.0 Å². The SMILES string of the molecule is CCC(NS(=O)(=O)CCCCN)c1nccs1. The highest BCUT2D eigenvalue weighted by molar-refractivity contribution is 7.89. The van der Waals surface area contributed by atoms with E-state index in [9.17, 15) is 8.42 Å². The molecule has 0 saturated carbocycles. The van der Waals surface area contributed by atoms with Crippen LogP contribution in [0.5, 0.6) is 0 Å². The Morgan fingerprint density at radius 2 is 2.29 bits per heavy atom. The summed E-state index contributed by atoms with van der Waals surface area (Å²) in [5, 5.41) is 2.66. The molecule has 1 atom stereocenters. The van der Waals surface area contributed by atoms with Crippen molar-refractivity contribution in [2.45, 2.75) is 32.2 Å². The summed E-state index contributed by atoms with van der Waals surface area (Å²) in [5.41, 5.74) is 5.34. The van der Waals surface area contributed by atoms with Crippen LogP contribution in [0.1, 0.15) is 37.2 Å². The number of hydrogen-bond acceptors (Lipinski definition) is 5. The Labute approximate surface area is 106 Å². The van der Waals surface area contributed by atoms with Gasteiger partial charge in [0, 0.05) is 11.6 Å². The molecule has 98 valence electrons. The van der Waals surface area contributed by atoms with E-state index >= 15 is 0 Å². The van der Waals surface area contributed by atoms with Crippen LogP contribution in [0.15, 0.2) is 11.6 Å². The second kappa shape index (κ2) is 7.05. The highest BCUT2D eigenvalue weighted by atomic mass is 32.2. The first kappa shape index (κ1) is 14.6. The summed E-state index contributed by atoms with van der Waals surface area (Å²) in [6.07, 6.45) is 3.71. The number of nitrogens with two attached hydrogens (primary N) is 1. The third-order valence-electron chi connectivity index (χ3n) is 2.35. The Kier molecular flexibility index (Phi) is 6.04. The predicted octanol–water partition coefficient (Wildman–Crippen LogP) is 1.25. The number of rotatable bonds is 8. The van der Waals surface area contributed by atoms with E-state index in [0.29, 0.717) is 19.4 Å². The lowest BCUT2D eigenvalue weighted by Gasteiger charge is -2.14. The van der Waals surface area contributed by atoms with Gasteiger partial charge in [0.15, 0.2) is 0 Å². The standard InChI is InChI=1S/C10H19N3O2S2/c1-2-9(10-12-6-7-16-10)13-17(14,15)8-4-3-5-11/h6-7,9,13H,2-5,8,11H2,1H3. The lowest BCUT2D eigenvalue weighted by Crippen LogP contribution is -2.30. The maximum absolute atomic E-state index is 11.8. The van der Waals surface area contributed by atoms with Gasteiger partial charge in [-0.25, -0.2) is 18.1 Å². The van der Waals surface area contributed by atoms with Crippen molar-refractivity contribution in [2.24, 2.45) is 5.73 Å². The van der Waals surface area contributed by atoms with Crippen LogP contribution in [0, 0.1) is 0 Å². The van der Waals surface area contributed by atoms with Crippen LogP contribution in [0.4, 0.5) is 0 Å². The third-order valence-corrected chi connectivity index (χ3v) is 4.71. The fourth-order valence-corrected chi connectivity index (χ4v) is 3.69. The second-order valence-corrected chi connectivity index (χ2v) is 6.56. The lowest BCUT2D eigenvalue weighted by atomic mass is 10.3. The number of nitrogens with one attached hydrogen (secondary N) is 1. The molecule has 1 rings (SSSR count). The maximum atomic E-state index is 11.8. The van der Waals surface area contributed by atoms with Crippen molar-refractivity contribution in [2.75, 3.05) is 12.3 Å². The first-order chi connectivity index (χ1) is 8.09. The van der Waals surface area contributed by atoms with Crippen molar-refractivity contribution < 1.29 is 8.42 Å². The lowest BCUT2D eigenvalue weighted by molar-refractivity contribution is 0.546. The number of thiazole rings is 1. The van der Waals surface area contributed by atoms with Gasteiger partial charge in [0.25, 0.3) is 0 Å². The van der Waals surface area contributed by atoms with Gasteiger partial charge in [0.1, 0.15) is 5.01 Å². The zero-order valence-electron chi connectivity index (χ0n) is 9.93. The molecule has 0 aliphatic heterocycles. The molecule has 0 amide bonds. The van der Waals surface area contributed by atoms with Gasteiger partial charge in [-0.15, -0.1) is 11.3 Å². The molecule has 0 aliphatic carbocycles. The van der Waals surface area contributed by atoms with Crippen molar-refractivity contribution >= 4 is 21.4 Å². The highest BCUT2D eigenvalue weighted by Crippen LogP contribution is 2.19. The van der Waals surface area contributed by atoms with Gasteiger partial charge < -0.3 is 5.73 Å². The third kappa shape index (κ3) is 5.12. The molecule has 1 aromatic heterocycles.